The van der Waals surface area contributed by atoms with Gasteiger partial charge in [0.05, 0.1) is 25.5 Å². The van der Waals surface area contributed by atoms with Crippen LogP contribution in [0.3, 0.4) is 0 Å². The number of hydrogen-bond acceptors (Lipinski definition) is 4. The maximum absolute atomic E-state index is 12.5. The molecule has 6 nitrogen and oxygen atoms in total. The minimum atomic E-state index is -0.335. The highest BCUT2D eigenvalue weighted by Crippen LogP contribution is 2.35. The third-order valence-corrected chi connectivity index (χ3v) is 4.31. The van der Waals surface area contributed by atoms with Crippen molar-refractivity contribution in [2.75, 3.05) is 20.3 Å². The van der Waals surface area contributed by atoms with Gasteiger partial charge in [-0.1, -0.05) is 17.7 Å². The molecule has 0 spiro atoms. The molecule has 0 fully saturated rings. The molecule has 2 amide bonds. The predicted molar refractivity (Wildman–Crippen MR) is 93.8 cm³/mol. The molecule has 0 saturated carbocycles. The van der Waals surface area contributed by atoms with Crippen LogP contribution in [0, 0.1) is 13.8 Å². The topological polar surface area (TPSA) is 72.7 Å². The second kappa shape index (κ2) is 7.61. The molecule has 2 atom stereocenters. The summed E-state index contributed by atoms with van der Waals surface area (Å²) in [5, 5.41) is 5.97. The van der Waals surface area contributed by atoms with Crippen LogP contribution >= 0.6 is 0 Å². The Morgan fingerprint density at radius 2 is 2.24 bits per heavy atom. The summed E-state index contributed by atoms with van der Waals surface area (Å²) in [6.07, 6.45) is 2.32. The van der Waals surface area contributed by atoms with E-state index in [-0.39, 0.29) is 18.1 Å². The highest BCUT2D eigenvalue weighted by molar-refractivity contribution is 5.75. The lowest BCUT2D eigenvalue weighted by molar-refractivity contribution is 0.155. The van der Waals surface area contributed by atoms with E-state index in [0.29, 0.717) is 19.0 Å². The molecule has 1 aliphatic heterocycles. The number of fused-ring (bicyclic) bond motifs is 1. The Bertz CT molecular complexity index is 727. The van der Waals surface area contributed by atoms with Gasteiger partial charge < -0.3 is 24.5 Å². The van der Waals surface area contributed by atoms with E-state index in [4.69, 9.17) is 13.9 Å². The van der Waals surface area contributed by atoms with E-state index in [1.807, 2.05) is 19.9 Å². The van der Waals surface area contributed by atoms with E-state index >= 15 is 0 Å². The normalized spacial score (nSPS) is 17.3. The van der Waals surface area contributed by atoms with Crippen molar-refractivity contribution < 1.29 is 18.7 Å². The van der Waals surface area contributed by atoms with Gasteiger partial charge in [0, 0.05) is 19.1 Å². The average Bonchev–Trinajstić information content (AvgIpc) is 3.09. The van der Waals surface area contributed by atoms with Crippen molar-refractivity contribution in [3.05, 3.63) is 53.0 Å². The number of aryl methyl sites for hydroxylation is 2. The third-order valence-electron chi connectivity index (χ3n) is 4.31. The zero-order valence-corrected chi connectivity index (χ0v) is 14.8. The van der Waals surface area contributed by atoms with Crippen LogP contribution in [-0.4, -0.2) is 26.4 Å². The number of rotatable bonds is 5. The number of benzene rings is 1. The first-order valence-electron chi connectivity index (χ1n) is 8.41. The number of ether oxygens (including phenoxy) is 2. The lowest BCUT2D eigenvalue weighted by atomic mass is 9.96. The lowest BCUT2D eigenvalue weighted by Gasteiger charge is -2.29. The first-order valence-corrected chi connectivity index (χ1v) is 8.41. The minimum Gasteiger partial charge on any atom is -0.493 e. The highest BCUT2D eigenvalue weighted by Gasteiger charge is 2.26. The number of carbonyl (C=O) groups is 1. The Balaban J connectivity index is 1.72. The molecule has 0 radical (unpaired) electrons. The van der Waals surface area contributed by atoms with E-state index in [2.05, 4.69) is 22.8 Å². The molecular weight excluding hydrogens is 320 g/mol. The van der Waals surface area contributed by atoms with E-state index in [0.717, 1.165) is 28.9 Å². The molecule has 2 aromatic rings. The molecule has 6 heteroatoms. The second-order valence-corrected chi connectivity index (χ2v) is 6.33. The van der Waals surface area contributed by atoms with Crippen LogP contribution < -0.4 is 15.4 Å². The van der Waals surface area contributed by atoms with Gasteiger partial charge in [0.1, 0.15) is 17.6 Å². The average molecular weight is 344 g/mol. The van der Waals surface area contributed by atoms with Gasteiger partial charge in [-0.2, -0.15) is 0 Å². The Kier molecular flexibility index (Phi) is 5.28. The number of carbonyl (C=O) groups excluding carboxylic acids is 1. The largest absolute Gasteiger partial charge is 0.493 e. The summed E-state index contributed by atoms with van der Waals surface area (Å²) in [4.78, 5) is 12.5. The van der Waals surface area contributed by atoms with Crippen LogP contribution in [-0.2, 0) is 4.74 Å². The monoisotopic (exact) mass is 344 g/mol. The fourth-order valence-electron chi connectivity index (χ4n) is 3.24. The Hall–Kier alpha value is -2.47. The zero-order chi connectivity index (χ0) is 17.8. The molecule has 1 aromatic heterocycles. The molecule has 2 heterocycles. The molecule has 2 N–H and O–H groups in total. The third kappa shape index (κ3) is 3.96. The fraction of sp³-hybridized carbons (Fsp3) is 0.421. The van der Waals surface area contributed by atoms with Crippen molar-refractivity contribution in [3.63, 3.8) is 0 Å². The lowest BCUT2D eigenvalue weighted by Crippen LogP contribution is -2.42. The van der Waals surface area contributed by atoms with E-state index in [1.165, 1.54) is 0 Å². The van der Waals surface area contributed by atoms with Gasteiger partial charge in [-0.05, 0) is 31.5 Å². The van der Waals surface area contributed by atoms with Crippen LogP contribution in [0.25, 0.3) is 0 Å². The molecule has 25 heavy (non-hydrogen) atoms. The van der Waals surface area contributed by atoms with Crippen molar-refractivity contribution in [3.8, 4) is 5.75 Å². The maximum atomic E-state index is 12.5. The molecule has 0 unspecified atom stereocenters. The molecule has 1 aliphatic rings. The maximum Gasteiger partial charge on any atom is 0.315 e. The van der Waals surface area contributed by atoms with E-state index < -0.39 is 0 Å². The van der Waals surface area contributed by atoms with Crippen molar-refractivity contribution in [1.29, 1.82) is 0 Å². The summed E-state index contributed by atoms with van der Waals surface area (Å²) in [5.74, 6) is 1.54. The van der Waals surface area contributed by atoms with Crippen LogP contribution in [0.5, 0.6) is 5.75 Å². The number of nitrogens with one attached hydrogen (secondary N) is 2. The Morgan fingerprint density at radius 3 is 2.96 bits per heavy atom. The van der Waals surface area contributed by atoms with Gasteiger partial charge in [0.2, 0.25) is 0 Å². The second-order valence-electron chi connectivity index (χ2n) is 6.33. The van der Waals surface area contributed by atoms with Crippen LogP contribution in [0.2, 0.25) is 0 Å². The van der Waals surface area contributed by atoms with Crippen molar-refractivity contribution in [2.24, 2.45) is 0 Å². The number of urea groups is 1. The minimum absolute atomic E-state index is 0.0813. The molecular formula is C19H24N2O4. The predicted octanol–water partition coefficient (Wildman–Crippen LogP) is 3.41. The van der Waals surface area contributed by atoms with Crippen LogP contribution in [0.15, 0.2) is 34.9 Å². The highest BCUT2D eigenvalue weighted by atomic mass is 16.5. The molecule has 0 bridgehead atoms. The zero-order valence-electron chi connectivity index (χ0n) is 14.8. The molecule has 134 valence electrons. The fourth-order valence-corrected chi connectivity index (χ4v) is 3.24. The van der Waals surface area contributed by atoms with Gasteiger partial charge in [0.25, 0.3) is 0 Å². The van der Waals surface area contributed by atoms with E-state index in [1.54, 1.807) is 19.4 Å². The van der Waals surface area contributed by atoms with Crippen molar-refractivity contribution in [2.45, 2.75) is 32.4 Å². The van der Waals surface area contributed by atoms with Crippen molar-refractivity contribution >= 4 is 6.03 Å². The SMILES string of the molecule is COC[C@@H](NC(=O)N[C@H]1CCOc2c(C)cc(C)cc21)c1ccco1. The first kappa shape index (κ1) is 17.4. The van der Waals surface area contributed by atoms with Crippen LogP contribution in [0.1, 0.15) is 41.0 Å². The van der Waals surface area contributed by atoms with Gasteiger partial charge in [-0.3, -0.25) is 0 Å². The smallest absolute Gasteiger partial charge is 0.315 e. The van der Waals surface area contributed by atoms with Gasteiger partial charge in [-0.15, -0.1) is 0 Å². The quantitative estimate of drug-likeness (QED) is 0.872. The Labute approximate surface area is 147 Å². The molecule has 0 saturated heterocycles. The van der Waals surface area contributed by atoms with Crippen molar-refractivity contribution in [1.82, 2.24) is 10.6 Å². The number of amides is 2. The summed E-state index contributed by atoms with van der Waals surface area (Å²) in [6, 6.07) is 7.10. The first-order chi connectivity index (χ1) is 12.1. The summed E-state index contributed by atoms with van der Waals surface area (Å²) >= 11 is 0. The molecule has 3 rings (SSSR count). The van der Waals surface area contributed by atoms with E-state index in [9.17, 15) is 4.79 Å². The van der Waals surface area contributed by atoms with Gasteiger partial charge >= 0.3 is 6.03 Å². The van der Waals surface area contributed by atoms with Crippen LogP contribution in [0.4, 0.5) is 4.79 Å². The molecule has 0 aliphatic carbocycles. The summed E-state index contributed by atoms with van der Waals surface area (Å²) < 4.78 is 16.4. The summed E-state index contributed by atoms with van der Waals surface area (Å²) in [6.45, 7) is 5.00. The van der Waals surface area contributed by atoms with Gasteiger partial charge in [-0.25, -0.2) is 4.79 Å². The van der Waals surface area contributed by atoms with Gasteiger partial charge in [0.15, 0.2) is 0 Å². The Morgan fingerprint density at radius 1 is 1.40 bits per heavy atom. The number of hydrogen-bond donors (Lipinski definition) is 2. The standard InChI is InChI=1S/C19H24N2O4/c1-12-9-13(2)18-14(10-12)15(6-8-25-18)20-19(22)21-16(11-23-3)17-5-4-7-24-17/h4-5,7,9-10,15-16H,6,8,11H2,1-3H3,(H2,20,21,22)/t15-,16+/m0/s1. The number of furan rings is 1. The summed E-state index contributed by atoms with van der Waals surface area (Å²) in [5.41, 5.74) is 3.27. The summed E-state index contributed by atoms with van der Waals surface area (Å²) in [7, 11) is 1.59. The number of methoxy groups -OCH3 is 1. The molecule has 1 aromatic carbocycles.